The molecule has 0 aliphatic rings. The number of hydrogen-bond acceptors (Lipinski definition) is 4. The molecule has 9 heteroatoms. The molecule has 1 heterocycles. The van der Waals surface area contributed by atoms with Gasteiger partial charge in [0.25, 0.3) is 0 Å². The Morgan fingerprint density at radius 2 is 1.67 bits per heavy atom. The van der Waals surface area contributed by atoms with Crippen LogP contribution in [0.1, 0.15) is 103 Å². The Hall–Kier alpha value is -1.47. The van der Waals surface area contributed by atoms with E-state index in [0.717, 1.165) is 31.4 Å². The second-order valence-electron chi connectivity index (χ2n) is 8.67. The Balaban J connectivity index is 2.06. The fourth-order valence-corrected chi connectivity index (χ4v) is 4.03. The maximum Gasteiger partial charge on any atom is 0.469 e. The minimum absolute atomic E-state index is 0.133. The van der Waals surface area contributed by atoms with Gasteiger partial charge in [-0.2, -0.15) is 0 Å². The molecule has 1 rings (SSSR count). The number of unbranched alkanes of at least 4 members (excludes halogenated alkanes) is 11. The number of phosphoric acid groups is 1. The number of imidazole rings is 1. The molecule has 1 aromatic heterocycles. The summed E-state index contributed by atoms with van der Waals surface area (Å²) >= 11 is 0. The fraction of sp³-hybridized carbons (Fsp3) is 0.750. The van der Waals surface area contributed by atoms with Crippen LogP contribution in [0.2, 0.25) is 0 Å². The fourth-order valence-electron chi connectivity index (χ4n) is 3.66. The second-order valence-corrected chi connectivity index (χ2v) is 9.91. The predicted molar refractivity (Wildman–Crippen MR) is 132 cm³/mol. The average molecular weight is 486 g/mol. The number of rotatable bonds is 21. The van der Waals surface area contributed by atoms with Gasteiger partial charge in [-0.25, -0.2) is 9.55 Å². The number of hydrogen-bond donors (Lipinski definition) is 4. The number of aromatic nitrogens is 2. The SMILES string of the molecule is CCCCCCCCC=CCCCCCCCC(=O)N[C@@H](COP(=O)(O)O)Cc1cnc[nH]1. The van der Waals surface area contributed by atoms with Crippen LogP contribution in [0.4, 0.5) is 0 Å². The van der Waals surface area contributed by atoms with Crippen LogP contribution >= 0.6 is 7.82 Å². The van der Waals surface area contributed by atoms with E-state index in [1.165, 1.54) is 64.1 Å². The van der Waals surface area contributed by atoms with Gasteiger partial charge in [0.1, 0.15) is 0 Å². The summed E-state index contributed by atoms with van der Waals surface area (Å²) in [5.74, 6) is -0.133. The quantitative estimate of drug-likeness (QED) is 0.102. The van der Waals surface area contributed by atoms with E-state index in [1.54, 1.807) is 6.20 Å². The van der Waals surface area contributed by atoms with Crippen LogP contribution in [0.5, 0.6) is 0 Å². The lowest BCUT2D eigenvalue weighted by molar-refractivity contribution is -0.122. The number of nitrogens with one attached hydrogen (secondary N) is 2. The Bertz CT molecular complexity index is 676. The molecule has 1 amide bonds. The Kier molecular flexibility index (Phi) is 16.9. The summed E-state index contributed by atoms with van der Waals surface area (Å²) in [5.41, 5.74) is 0.760. The van der Waals surface area contributed by atoms with Crippen molar-refractivity contribution in [2.24, 2.45) is 0 Å². The molecule has 1 atom stereocenters. The summed E-state index contributed by atoms with van der Waals surface area (Å²) in [4.78, 5) is 36.9. The number of carbonyl (C=O) groups is 1. The highest BCUT2D eigenvalue weighted by Gasteiger charge is 2.20. The van der Waals surface area contributed by atoms with Crippen molar-refractivity contribution >= 4 is 13.7 Å². The summed E-state index contributed by atoms with van der Waals surface area (Å²) in [7, 11) is -4.59. The molecule has 0 aliphatic heterocycles. The predicted octanol–water partition coefficient (Wildman–Crippen LogP) is 5.58. The summed E-state index contributed by atoms with van der Waals surface area (Å²) in [5, 5.41) is 2.81. The minimum Gasteiger partial charge on any atom is -0.351 e. The van der Waals surface area contributed by atoms with Crippen molar-refractivity contribution < 1.29 is 23.7 Å². The molecule has 0 unspecified atom stereocenters. The normalized spacial score (nSPS) is 12.9. The molecular formula is C24H44N3O5P. The highest BCUT2D eigenvalue weighted by Crippen LogP contribution is 2.35. The van der Waals surface area contributed by atoms with Gasteiger partial charge in [0, 0.05) is 24.7 Å². The van der Waals surface area contributed by atoms with Crippen LogP contribution < -0.4 is 5.32 Å². The maximum atomic E-state index is 12.2. The average Bonchev–Trinajstić information content (AvgIpc) is 3.27. The number of allylic oxidation sites excluding steroid dienone is 2. The molecule has 4 N–H and O–H groups in total. The van der Waals surface area contributed by atoms with Crippen molar-refractivity contribution in [3.8, 4) is 0 Å². The van der Waals surface area contributed by atoms with E-state index in [1.807, 2.05) is 0 Å². The summed E-state index contributed by atoms with van der Waals surface area (Å²) < 4.78 is 15.6. The van der Waals surface area contributed by atoms with Gasteiger partial charge in [0.2, 0.25) is 5.91 Å². The van der Waals surface area contributed by atoms with E-state index < -0.39 is 13.9 Å². The van der Waals surface area contributed by atoms with E-state index in [-0.39, 0.29) is 12.5 Å². The Morgan fingerprint density at radius 1 is 1.06 bits per heavy atom. The molecule has 190 valence electrons. The first-order chi connectivity index (χ1) is 15.9. The monoisotopic (exact) mass is 485 g/mol. The number of amides is 1. The van der Waals surface area contributed by atoms with Crippen LogP contribution in [0.15, 0.2) is 24.7 Å². The lowest BCUT2D eigenvalue weighted by atomic mass is 10.1. The largest absolute Gasteiger partial charge is 0.469 e. The topological polar surface area (TPSA) is 125 Å². The molecule has 1 aromatic rings. The van der Waals surface area contributed by atoms with E-state index in [2.05, 4.69) is 38.9 Å². The molecule has 0 aromatic carbocycles. The number of aromatic amines is 1. The van der Waals surface area contributed by atoms with Crippen molar-refractivity contribution in [2.75, 3.05) is 6.61 Å². The van der Waals surface area contributed by atoms with Gasteiger partial charge >= 0.3 is 7.82 Å². The number of carbonyl (C=O) groups excluding carboxylic acids is 1. The Morgan fingerprint density at radius 3 is 2.24 bits per heavy atom. The molecule has 0 radical (unpaired) electrons. The highest BCUT2D eigenvalue weighted by molar-refractivity contribution is 7.46. The van der Waals surface area contributed by atoms with Gasteiger partial charge in [-0.05, 0) is 32.1 Å². The van der Waals surface area contributed by atoms with Crippen molar-refractivity contribution in [1.29, 1.82) is 0 Å². The van der Waals surface area contributed by atoms with Gasteiger partial charge in [-0.15, -0.1) is 0 Å². The third-order valence-electron chi connectivity index (χ3n) is 5.50. The van der Waals surface area contributed by atoms with Gasteiger partial charge in [0.05, 0.1) is 19.0 Å². The van der Waals surface area contributed by atoms with Gasteiger partial charge in [-0.1, -0.05) is 70.4 Å². The third kappa shape index (κ3) is 18.6. The number of phosphoric ester groups is 1. The van der Waals surface area contributed by atoms with Crippen molar-refractivity contribution in [3.63, 3.8) is 0 Å². The molecule has 0 saturated heterocycles. The third-order valence-corrected chi connectivity index (χ3v) is 5.98. The minimum atomic E-state index is -4.59. The lowest BCUT2D eigenvalue weighted by Gasteiger charge is -2.18. The van der Waals surface area contributed by atoms with Crippen LogP contribution in [0.25, 0.3) is 0 Å². The first kappa shape index (κ1) is 29.6. The molecule has 0 saturated carbocycles. The molecule has 0 fully saturated rings. The van der Waals surface area contributed by atoms with Gasteiger partial charge in [-0.3, -0.25) is 9.32 Å². The van der Waals surface area contributed by atoms with Crippen LogP contribution in [-0.2, 0) is 20.3 Å². The van der Waals surface area contributed by atoms with E-state index in [0.29, 0.717) is 12.8 Å². The smallest absolute Gasteiger partial charge is 0.351 e. The first-order valence-electron chi connectivity index (χ1n) is 12.5. The van der Waals surface area contributed by atoms with E-state index >= 15 is 0 Å². The van der Waals surface area contributed by atoms with Crippen LogP contribution in [0, 0.1) is 0 Å². The van der Waals surface area contributed by atoms with Crippen LogP contribution in [-0.4, -0.2) is 38.3 Å². The molecular weight excluding hydrogens is 441 g/mol. The second kappa shape index (κ2) is 18.9. The first-order valence-corrected chi connectivity index (χ1v) is 14.1. The van der Waals surface area contributed by atoms with Gasteiger partial charge in [0.15, 0.2) is 0 Å². The standard InChI is InChI=1S/C24H44N3O5P/c1-2-3-4-5-6-7-8-9-10-11-12-13-14-15-16-17-24(28)27-23(20-32-33(29,30)31)18-22-19-25-21-26-22/h9-10,19,21,23H,2-8,11-18,20H2,1H3,(H,25,26)(H,27,28)(H2,29,30,31)/t23-/m1/s1. The summed E-state index contributed by atoms with van der Waals surface area (Å²) in [6.45, 7) is 1.98. The molecule has 0 aliphatic carbocycles. The highest BCUT2D eigenvalue weighted by atomic mass is 31.2. The molecule has 33 heavy (non-hydrogen) atoms. The van der Waals surface area contributed by atoms with Gasteiger partial charge < -0.3 is 20.1 Å². The molecule has 0 spiro atoms. The maximum absolute atomic E-state index is 12.2. The summed E-state index contributed by atoms with van der Waals surface area (Å²) in [6.07, 6.45) is 24.2. The van der Waals surface area contributed by atoms with Crippen LogP contribution in [0.3, 0.4) is 0 Å². The van der Waals surface area contributed by atoms with Crippen molar-refractivity contribution in [2.45, 2.75) is 109 Å². The molecule has 8 nitrogen and oxygen atoms in total. The number of H-pyrrole nitrogens is 1. The lowest BCUT2D eigenvalue weighted by Crippen LogP contribution is -2.39. The van der Waals surface area contributed by atoms with Crippen molar-refractivity contribution in [1.82, 2.24) is 15.3 Å². The zero-order valence-corrected chi connectivity index (χ0v) is 21.1. The van der Waals surface area contributed by atoms with E-state index in [9.17, 15) is 9.36 Å². The van der Waals surface area contributed by atoms with E-state index in [4.69, 9.17) is 9.79 Å². The number of nitrogens with zero attached hydrogens (tertiary/aromatic N) is 1. The summed E-state index contributed by atoms with van der Waals surface area (Å²) in [6, 6.07) is -0.534. The Labute approximate surface area is 199 Å². The zero-order chi connectivity index (χ0) is 24.2. The zero-order valence-electron chi connectivity index (χ0n) is 20.2. The molecule has 0 bridgehead atoms. The van der Waals surface area contributed by atoms with Crippen molar-refractivity contribution in [3.05, 3.63) is 30.4 Å².